The second-order valence-corrected chi connectivity index (χ2v) is 3.13. The Kier molecular flexibility index (Phi) is 2.16. The molecule has 11 heavy (non-hydrogen) atoms. The van der Waals surface area contributed by atoms with Crippen molar-refractivity contribution in [2.75, 3.05) is 6.54 Å². The van der Waals surface area contributed by atoms with Crippen LogP contribution in [0.5, 0.6) is 0 Å². The van der Waals surface area contributed by atoms with Crippen molar-refractivity contribution in [3.8, 4) is 0 Å². The molecule has 0 aromatic rings. The number of aliphatic hydroxyl groups is 1. The van der Waals surface area contributed by atoms with E-state index in [-0.39, 0.29) is 5.70 Å². The van der Waals surface area contributed by atoms with E-state index in [9.17, 15) is 9.90 Å². The predicted molar refractivity (Wildman–Crippen MR) is 42.8 cm³/mol. The molecule has 1 unspecified atom stereocenters. The van der Waals surface area contributed by atoms with Crippen LogP contribution in [0.4, 0.5) is 0 Å². The van der Waals surface area contributed by atoms with Crippen molar-refractivity contribution < 1.29 is 15.0 Å². The van der Waals surface area contributed by atoms with Crippen molar-refractivity contribution in [3.63, 3.8) is 0 Å². The minimum absolute atomic E-state index is 0.183. The van der Waals surface area contributed by atoms with Crippen molar-refractivity contribution in [1.29, 1.82) is 0 Å². The van der Waals surface area contributed by atoms with Crippen LogP contribution in [0.1, 0.15) is 6.92 Å². The van der Waals surface area contributed by atoms with Gasteiger partial charge in [0.25, 0.3) is 0 Å². The molecular formula is C6H10NO3P. The molecule has 1 aliphatic heterocycles. The van der Waals surface area contributed by atoms with Gasteiger partial charge in [-0.15, -0.1) is 0 Å². The minimum Gasteiger partial charge on any atom is -0.477 e. The first kappa shape index (κ1) is 8.50. The number of nitrogens with zero attached hydrogens (tertiary/aromatic N) is 1. The quantitative estimate of drug-likeness (QED) is 0.542. The molecule has 62 valence electrons. The molecule has 1 rings (SSSR count). The Morgan fingerprint density at radius 2 is 2.36 bits per heavy atom. The molecule has 0 spiro atoms. The summed E-state index contributed by atoms with van der Waals surface area (Å²) < 4.78 is 1.46. The molecular weight excluding hydrogens is 165 g/mol. The van der Waals surface area contributed by atoms with E-state index in [4.69, 9.17) is 5.11 Å². The van der Waals surface area contributed by atoms with E-state index in [0.717, 1.165) is 0 Å². The first-order valence-electron chi connectivity index (χ1n) is 3.18. The van der Waals surface area contributed by atoms with E-state index in [1.54, 1.807) is 6.92 Å². The molecule has 0 saturated carbocycles. The fourth-order valence-electron chi connectivity index (χ4n) is 1.09. The second kappa shape index (κ2) is 2.80. The van der Waals surface area contributed by atoms with Gasteiger partial charge in [0.2, 0.25) is 0 Å². The first-order valence-corrected chi connectivity index (χ1v) is 3.70. The lowest BCUT2D eigenvalue weighted by Gasteiger charge is -2.11. The Hall–Kier alpha value is -0.600. The monoisotopic (exact) mass is 175 g/mol. The van der Waals surface area contributed by atoms with Gasteiger partial charge in [-0.2, -0.15) is 0 Å². The number of β-amino-alcohol motifs (C(OH)–C–C–N with tert-alkyl or cyclic N) is 1. The summed E-state index contributed by atoms with van der Waals surface area (Å²) in [6, 6.07) is 0. The topological polar surface area (TPSA) is 60.8 Å². The molecule has 4 nitrogen and oxygen atoms in total. The van der Waals surface area contributed by atoms with E-state index in [1.807, 2.05) is 0 Å². The third-order valence-electron chi connectivity index (χ3n) is 1.73. The molecule has 0 fully saturated rings. The molecule has 0 saturated heterocycles. The van der Waals surface area contributed by atoms with Crippen LogP contribution >= 0.6 is 9.39 Å². The lowest BCUT2D eigenvalue weighted by Crippen LogP contribution is -2.16. The number of carboxylic acid groups (broad SMARTS) is 1. The molecule has 2 N–H and O–H groups in total. The van der Waals surface area contributed by atoms with Crippen molar-refractivity contribution in [2.24, 2.45) is 0 Å². The van der Waals surface area contributed by atoms with E-state index in [2.05, 4.69) is 9.39 Å². The van der Waals surface area contributed by atoms with Gasteiger partial charge in [-0.1, -0.05) is 0 Å². The van der Waals surface area contributed by atoms with E-state index < -0.39 is 12.1 Å². The fourth-order valence-corrected chi connectivity index (χ4v) is 1.60. The maximum Gasteiger partial charge on any atom is 0.352 e. The summed E-state index contributed by atoms with van der Waals surface area (Å²) in [6.45, 7) is 1.97. The molecule has 0 amide bonds. The van der Waals surface area contributed by atoms with Crippen LogP contribution in [-0.2, 0) is 4.79 Å². The van der Waals surface area contributed by atoms with Crippen molar-refractivity contribution >= 4 is 15.4 Å². The molecule has 0 aromatic heterocycles. The lowest BCUT2D eigenvalue weighted by atomic mass is 10.2. The van der Waals surface area contributed by atoms with Crippen LogP contribution in [0.2, 0.25) is 0 Å². The van der Waals surface area contributed by atoms with Gasteiger partial charge in [0.15, 0.2) is 0 Å². The highest BCUT2D eigenvalue weighted by Gasteiger charge is 2.28. The summed E-state index contributed by atoms with van der Waals surface area (Å²) in [7, 11) is 2.26. The third-order valence-corrected chi connectivity index (χ3v) is 2.20. The van der Waals surface area contributed by atoms with Gasteiger partial charge in [-0.05, 0) is 21.9 Å². The van der Waals surface area contributed by atoms with Gasteiger partial charge in [0.05, 0.1) is 12.6 Å². The van der Waals surface area contributed by atoms with Gasteiger partial charge >= 0.3 is 5.97 Å². The molecule has 1 aliphatic rings. The Bertz CT molecular complexity index is 226. The molecule has 5 heteroatoms. The predicted octanol–water partition coefficient (Wildman–Crippen LogP) is -0.188. The van der Waals surface area contributed by atoms with Crippen LogP contribution in [0.25, 0.3) is 0 Å². The zero-order valence-electron chi connectivity index (χ0n) is 6.11. The summed E-state index contributed by atoms with van der Waals surface area (Å²) in [5.41, 5.74) is 0.704. The van der Waals surface area contributed by atoms with E-state index in [1.165, 1.54) is 4.67 Å². The van der Waals surface area contributed by atoms with Crippen LogP contribution in [-0.4, -0.2) is 33.5 Å². The molecule has 0 aromatic carbocycles. The summed E-state index contributed by atoms with van der Waals surface area (Å²) in [5, 5.41) is 17.9. The number of hydrogen-bond acceptors (Lipinski definition) is 3. The summed E-state index contributed by atoms with van der Waals surface area (Å²) in [4.78, 5) is 10.5. The number of aliphatic hydroxyl groups excluding tert-OH is 1. The van der Waals surface area contributed by atoms with E-state index >= 15 is 0 Å². The average molecular weight is 175 g/mol. The highest BCUT2D eigenvalue weighted by molar-refractivity contribution is 7.13. The van der Waals surface area contributed by atoms with Crippen LogP contribution in [0.3, 0.4) is 0 Å². The summed E-state index contributed by atoms with van der Waals surface area (Å²) in [6.07, 6.45) is -0.640. The van der Waals surface area contributed by atoms with Crippen LogP contribution < -0.4 is 0 Å². The largest absolute Gasteiger partial charge is 0.477 e. The van der Waals surface area contributed by atoms with Gasteiger partial charge in [0.1, 0.15) is 5.70 Å². The number of hydrogen-bond donors (Lipinski definition) is 2. The first-order chi connectivity index (χ1) is 5.04. The Morgan fingerprint density at radius 1 is 1.82 bits per heavy atom. The number of aliphatic carboxylic acids is 1. The fraction of sp³-hybridized carbons (Fsp3) is 0.500. The van der Waals surface area contributed by atoms with Crippen LogP contribution in [0, 0.1) is 0 Å². The van der Waals surface area contributed by atoms with Gasteiger partial charge in [0, 0.05) is 0 Å². The Labute approximate surface area is 66.8 Å². The van der Waals surface area contributed by atoms with Crippen LogP contribution in [0.15, 0.2) is 11.3 Å². The zero-order chi connectivity index (χ0) is 8.59. The molecule has 1 heterocycles. The Morgan fingerprint density at radius 3 is 2.55 bits per heavy atom. The summed E-state index contributed by atoms with van der Waals surface area (Å²) >= 11 is 0. The smallest absolute Gasteiger partial charge is 0.352 e. The van der Waals surface area contributed by atoms with Gasteiger partial charge in [-0.25, -0.2) is 4.79 Å². The Balaban J connectivity index is 2.97. The summed E-state index contributed by atoms with van der Waals surface area (Å²) in [5.74, 6) is -0.992. The lowest BCUT2D eigenvalue weighted by molar-refractivity contribution is -0.133. The van der Waals surface area contributed by atoms with E-state index in [0.29, 0.717) is 12.1 Å². The maximum absolute atomic E-state index is 10.5. The maximum atomic E-state index is 10.5. The number of carbonyl (C=O) groups is 1. The van der Waals surface area contributed by atoms with Crippen molar-refractivity contribution in [3.05, 3.63) is 11.3 Å². The molecule has 0 aliphatic carbocycles. The molecule has 0 radical (unpaired) electrons. The standard InChI is InChI=1S/C6H10NO3P/c1-3-4(8)2-7(11)5(3)6(9)10/h4,8H,2,11H2,1H3,(H,9,10)/t4-/m1/s1. The minimum atomic E-state index is -0.992. The van der Waals surface area contributed by atoms with Crippen molar-refractivity contribution in [1.82, 2.24) is 4.67 Å². The zero-order valence-corrected chi connectivity index (χ0v) is 7.27. The number of carboxylic acids is 1. The third kappa shape index (κ3) is 1.37. The highest BCUT2D eigenvalue weighted by atomic mass is 31.0. The SMILES string of the molecule is CC1=C(C(=O)O)N(P)C[C@H]1O. The normalized spacial score (nSPS) is 24.6. The molecule has 2 atom stereocenters. The van der Waals surface area contributed by atoms with Crippen molar-refractivity contribution in [2.45, 2.75) is 13.0 Å². The van der Waals surface area contributed by atoms with Gasteiger partial charge < -0.3 is 14.9 Å². The molecule has 0 bridgehead atoms. The average Bonchev–Trinajstić information content (AvgIpc) is 2.07. The second-order valence-electron chi connectivity index (χ2n) is 2.50. The van der Waals surface area contributed by atoms with Gasteiger partial charge in [-0.3, -0.25) is 0 Å². The number of rotatable bonds is 1. The highest BCUT2D eigenvalue weighted by Crippen LogP contribution is 2.25.